The average Bonchev–Trinajstić information content (AvgIpc) is 2.96. The standard InChI is InChI=1S/C17H14ClN3O2S/c1-11-16(17(22)21-13-6-8-19-9-7-13)24-15(20-11)10-23-14-4-2-12(18)3-5-14/h2-9H,10H2,1H3,(H,19,21,22). The minimum Gasteiger partial charge on any atom is -0.486 e. The van der Waals surface area contributed by atoms with Crippen LogP contribution in [0.15, 0.2) is 48.8 Å². The molecule has 0 saturated heterocycles. The van der Waals surface area contributed by atoms with Gasteiger partial charge in [0.15, 0.2) is 0 Å². The molecule has 3 rings (SSSR count). The molecule has 122 valence electrons. The van der Waals surface area contributed by atoms with Gasteiger partial charge in [-0.05, 0) is 43.3 Å². The van der Waals surface area contributed by atoms with Crippen molar-refractivity contribution in [3.63, 3.8) is 0 Å². The first-order valence-electron chi connectivity index (χ1n) is 7.18. The Morgan fingerprint density at radius 1 is 1.21 bits per heavy atom. The minimum atomic E-state index is -0.186. The van der Waals surface area contributed by atoms with Crippen LogP contribution in [-0.2, 0) is 6.61 Å². The number of halogens is 1. The van der Waals surface area contributed by atoms with E-state index >= 15 is 0 Å². The molecule has 2 aromatic heterocycles. The second-order valence-electron chi connectivity index (χ2n) is 4.95. The topological polar surface area (TPSA) is 64.1 Å². The third-order valence-electron chi connectivity index (χ3n) is 3.16. The smallest absolute Gasteiger partial charge is 0.267 e. The number of hydrogen-bond acceptors (Lipinski definition) is 5. The number of nitrogens with one attached hydrogen (secondary N) is 1. The fourth-order valence-corrected chi connectivity index (χ4v) is 3.02. The largest absolute Gasteiger partial charge is 0.486 e. The van der Waals surface area contributed by atoms with Gasteiger partial charge in [0.1, 0.15) is 22.2 Å². The lowest BCUT2D eigenvalue weighted by molar-refractivity contribution is 0.103. The van der Waals surface area contributed by atoms with Gasteiger partial charge in [-0.3, -0.25) is 9.78 Å². The number of pyridine rings is 1. The van der Waals surface area contributed by atoms with E-state index in [0.717, 1.165) is 5.01 Å². The molecule has 0 aliphatic rings. The number of ether oxygens (including phenoxy) is 1. The van der Waals surface area contributed by atoms with Crippen molar-refractivity contribution in [3.05, 3.63) is 69.4 Å². The summed E-state index contributed by atoms with van der Waals surface area (Å²) in [5, 5.41) is 4.22. The Morgan fingerprint density at radius 2 is 1.92 bits per heavy atom. The second kappa shape index (κ2) is 7.42. The first-order valence-corrected chi connectivity index (χ1v) is 8.37. The molecule has 0 fully saturated rings. The van der Waals surface area contributed by atoms with Gasteiger partial charge in [0.2, 0.25) is 0 Å². The highest BCUT2D eigenvalue weighted by Crippen LogP contribution is 2.22. The summed E-state index contributed by atoms with van der Waals surface area (Å²) in [6, 6.07) is 10.6. The zero-order chi connectivity index (χ0) is 16.9. The molecule has 5 nitrogen and oxygen atoms in total. The number of rotatable bonds is 5. The van der Waals surface area contributed by atoms with E-state index in [1.807, 2.05) is 6.92 Å². The zero-order valence-corrected chi connectivity index (χ0v) is 14.4. The van der Waals surface area contributed by atoms with Crippen molar-refractivity contribution in [2.75, 3.05) is 5.32 Å². The van der Waals surface area contributed by atoms with E-state index in [2.05, 4.69) is 15.3 Å². The number of carbonyl (C=O) groups excluding carboxylic acids is 1. The minimum absolute atomic E-state index is 0.186. The van der Waals surface area contributed by atoms with Crippen molar-refractivity contribution in [1.29, 1.82) is 0 Å². The van der Waals surface area contributed by atoms with Gasteiger partial charge in [0, 0.05) is 23.1 Å². The van der Waals surface area contributed by atoms with E-state index < -0.39 is 0 Å². The highest BCUT2D eigenvalue weighted by atomic mass is 35.5. The molecule has 0 saturated carbocycles. The van der Waals surface area contributed by atoms with Crippen LogP contribution in [0.3, 0.4) is 0 Å². The van der Waals surface area contributed by atoms with Crippen LogP contribution in [-0.4, -0.2) is 15.9 Å². The van der Waals surface area contributed by atoms with Crippen LogP contribution in [0.2, 0.25) is 5.02 Å². The molecule has 24 heavy (non-hydrogen) atoms. The Kier molecular flexibility index (Phi) is 5.08. The summed E-state index contributed by atoms with van der Waals surface area (Å²) >= 11 is 7.16. The molecule has 0 unspecified atom stereocenters. The predicted molar refractivity (Wildman–Crippen MR) is 94.8 cm³/mol. The van der Waals surface area contributed by atoms with E-state index in [0.29, 0.717) is 33.6 Å². The molecule has 7 heteroatoms. The number of hydrogen-bond donors (Lipinski definition) is 1. The number of amides is 1. The maximum Gasteiger partial charge on any atom is 0.267 e. The summed E-state index contributed by atoms with van der Waals surface area (Å²) in [7, 11) is 0. The third-order valence-corrected chi connectivity index (χ3v) is 4.54. The van der Waals surface area contributed by atoms with Gasteiger partial charge in [-0.25, -0.2) is 4.98 Å². The Morgan fingerprint density at radius 3 is 2.62 bits per heavy atom. The Bertz CT molecular complexity index is 835. The second-order valence-corrected chi connectivity index (χ2v) is 6.47. The van der Waals surface area contributed by atoms with E-state index in [1.54, 1.807) is 48.8 Å². The molecule has 0 atom stereocenters. The average molecular weight is 360 g/mol. The Labute approximate surface area is 148 Å². The predicted octanol–water partition coefficient (Wildman–Crippen LogP) is 4.33. The molecule has 0 aliphatic heterocycles. The van der Waals surface area contributed by atoms with Gasteiger partial charge in [-0.2, -0.15) is 0 Å². The number of aryl methyl sites for hydroxylation is 1. The summed E-state index contributed by atoms with van der Waals surface area (Å²) in [6.45, 7) is 2.11. The molecule has 1 aromatic carbocycles. The molecule has 2 heterocycles. The number of benzene rings is 1. The van der Waals surface area contributed by atoms with Crippen molar-refractivity contribution in [3.8, 4) is 5.75 Å². The first kappa shape index (κ1) is 16.4. The van der Waals surface area contributed by atoms with Crippen LogP contribution in [0.5, 0.6) is 5.75 Å². The molecule has 3 aromatic rings. The molecular weight excluding hydrogens is 346 g/mol. The molecular formula is C17H14ClN3O2S. The number of nitrogens with zero attached hydrogens (tertiary/aromatic N) is 2. The number of thiazole rings is 1. The van der Waals surface area contributed by atoms with E-state index in [-0.39, 0.29) is 5.91 Å². The van der Waals surface area contributed by atoms with Crippen LogP contribution < -0.4 is 10.1 Å². The van der Waals surface area contributed by atoms with E-state index in [4.69, 9.17) is 16.3 Å². The lowest BCUT2D eigenvalue weighted by Gasteiger charge is -2.03. The normalized spacial score (nSPS) is 10.4. The maximum atomic E-state index is 12.3. The Balaban J connectivity index is 1.66. The Hall–Kier alpha value is -2.44. The lowest BCUT2D eigenvalue weighted by Crippen LogP contribution is -2.11. The van der Waals surface area contributed by atoms with Gasteiger partial charge < -0.3 is 10.1 Å². The van der Waals surface area contributed by atoms with Crippen molar-refractivity contribution < 1.29 is 9.53 Å². The SMILES string of the molecule is Cc1nc(COc2ccc(Cl)cc2)sc1C(=O)Nc1ccncc1. The quantitative estimate of drug-likeness (QED) is 0.736. The van der Waals surface area contributed by atoms with Crippen LogP contribution in [0.25, 0.3) is 0 Å². The van der Waals surface area contributed by atoms with Crippen molar-refractivity contribution in [2.45, 2.75) is 13.5 Å². The number of anilines is 1. The lowest BCUT2D eigenvalue weighted by atomic mass is 10.3. The number of carbonyl (C=O) groups is 1. The summed E-state index contributed by atoms with van der Waals surface area (Å²) in [5.41, 5.74) is 1.38. The highest BCUT2D eigenvalue weighted by Gasteiger charge is 2.15. The van der Waals surface area contributed by atoms with Crippen LogP contribution >= 0.6 is 22.9 Å². The summed E-state index contributed by atoms with van der Waals surface area (Å²) in [4.78, 5) is 21.2. The van der Waals surface area contributed by atoms with E-state index in [9.17, 15) is 4.79 Å². The first-order chi connectivity index (χ1) is 11.6. The third kappa shape index (κ3) is 4.10. The fraction of sp³-hybridized carbons (Fsp3) is 0.118. The molecule has 0 bridgehead atoms. The summed E-state index contributed by atoms with van der Waals surface area (Å²) < 4.78 is 5.66. The summed E-state index contributed by atoms with van der Waals surface area (Å²) in [6.07, 6.45) is 3.25. The molecule has 1 amide bonds. The van der Waals surface area contributed by atoms with Crippen LogP contribution in [0.1, 0.15) is 20.4 Å². The van der Waals surface area contributed by atoms with Gasteiger partial charge in [-0.1, -0.05) is 11.6 Å². The van der Waals surface area contributed by atoms with Gasteiger partial charge >= 0.3 is 0 Å². The van der Waals surface area contributed by atoms with Crippen LogP contribution in [0, 0.1) is 6.92 Å². The van der Waals surface area contributed by atoms with Gasteiger partial charge in [0.05, 0.1) is 5.69 Å². The van der Waals surface area contributed by atoms with Crippen molar-refractivity contribution >= 4 is 34.5 Å². The van der Waals surface area contributed by atoms with Crippen molar-refractivity contribution in [2.24, 2.45) is 0 Å². The molecule has 0 spiro atoms. The van der Waals surface area contributed by atoms with Gasteiger partial charge in [0.25, 0.3) is 5.91 Å². The fourth-order valence-electron chi connectivity index (χ4n) is 2.02. The van der Waals surface area contributed by atoms with Crippen molar-refractivity contribution in [1.82, 2.24) is 9.97 Å². The maximum absolute atomic E-state index is 12.3. The highest BCUT2D eigenvalue weighted by molar-refractivity contribution is 7.13. The zero-order valence-electron chi connectivity index (χ0n) is 12.8. The monoisotopic (exact) mass is 359 g/mol. The number of aromatic nitrogens is 2. The summed E-state index contributed by atoms with van der Waals surface area (Å²) in [5.74, 6) is 0.518. The van der Waals surface area contributed by atoms with Crippen LogP contribution in [0.4, 0.5) is 5.69 Å². The molecule has 0 aliphatic carbocycles. The molecule has 0 radical (unpaired) electrons. The molecule has 1 N–H and O–H groups in total. The van der Waals surface area contributed by atoms with E-state index in [1.165, 1.54) is 11.3 Å². The van der Waals surface area contributed by atoms with Gasteiger partial charge in [-0.15, -0.1) is 11.3 Å².